The summed E-state index contributed by atoms with van der Waals surface area (Å²) < 4.78 is 16.6. The molecule has 1 N–H and O–H groups in total. The zero-order valence-corrected chi connectivity index (χ0v) is 21.0. The van der Waals surface area contributed by atoms with Crippen LogP contribution >= 0.6 is 23.3 Å². The summed E-state index contributed by atoms with van der Waals surface area (Å²) in [5.74, 6) is -1.16. The SMILES string of the molecule is CC.CC/C=C\C=C/CCC.O=C(O)CCc1cn(Sc2cccs2)c2ccc(F)cc12. The van der Waals surface area contributed by atoms with Gasteiger partial charge in [0, 0.05) is 30.0 Å². The van der Waals surface area contributed by atoms with Crippen molar-refractivity contribution in [3.05, 3.63) is 77.6 Å². The monoisotopic (exact) mass is 475 g/mol. The van der Waals surface area contributed by atoms with E-state index in [4.69, 9.17) is 5.11 Å². The van der Waals surface area contributed by atoms with Gasteiger partial charge in [-0.1, -0.05) is 64.5 Å². The topological polar surface area (TPSA) is 42.2 Å². The van der Waals surface area contributed by atoms with E-state index in [1.165, 1.54) is 25.0 Å². The number of nitrogens with zero attached hydrogens (tertiary/aromatic N) is 1. The van der Waals surface area contributed by atoms with E-state index in [1.807, 2.05) is 41.5 Å². The van der Waals surface area contributed by atoms with Crippen molar-refractivity contribution in [1.82, 2.24) is 3.97 Å². The molecule has 2 aromatic heterocycles. The molecular weight excluding hydrogens is 441 g/mol. The van der Waals surface area contributed by atoms with Gasteiger partial charge in [0.15, 0.2) is 0 Å². The predicted octanol–water partition coefficient (Wildman–Crippen LogP) is 8.75. The summed E-state index contributed by atoms with van der Waals surface area (Å²) in [5.41, 5.74) is 1.76. The van der Waals surface area contributed by atoms with E-state index in [1.54, 1.807) is 29.4 Å². The molecule has 6 heteroatoms. The number of thiophene rings is 1. The maximum atomic E-state index is 13.5. The van der Waals surface area contributed by atoms with E-state index in [2.05, 4.69) is 38.2 Å². The molecule has 0 aliphatic carbocycles. The highest BCUT2D eigenvalue weighted by atomic mass is 32.2. The third-order valence-electron chi connectivity index (χ3n) is 4.18. The van der Waals surface area contributed by atoms with Gasteiger partial charge in [-0.25, -0.2) is 4.39 Å². The minimum atomic E-state index is -0.849. The molecule has 3 aromatic rings. The first-order valence-electron chi connectivity index (χ1n) is 11.1. The molecule has 0 spiro atoms. The number of hydrogen-bond donors (Lipinski definition) is 1. The van der Waals surface area contributed by atoms with E-state index >= 15 is 0 Å². The molecule has 0 radical (unpaired) electrons. The molecule has 0 saturated heterocycles. The van der Waals surface area contributed by atoms with Crippen LogP contribution < -0.4 is 0 Å². The van der Waals surface area contributed by atoms with Crippen molar-refractivity contribution in [2.24, 2.45) is 0 Å². The van der Waals surface area contributed by atoms with Gasteiger partial charge in [-0.3, -0.25) is 8.77 Å². The number of aromatic nitrogens is 1. The average Bonchev–Trinajstić information content (AvgIpc) is 3.42. The molecule has 0 unspecified atom stereocenters. The molecule has 32 heavy (non-hydrogen) atoms. The average molecular weight is 476 g/mol. The molecule has 0 aliphatic heterocycles. The number of benzene rings is 1. The molecule has 0 aliphatic rings. The lowest BCUT2D eigenvalue weighted by Gasteiger charge is -2.01. The maximum Gasteiger partial charge on any atom is 0.303 e. The molecular formula is C26H34FNO2S2. The molecule has 0 atom stereocenters. The Morgan fingerprint density at radius 1 is 1.19 bits per heavy atom. The van der Waals surface area contributed by atoms with E-state index in [-0.39, 0.29) is 12.2 Å². The minimum absolute atomic E-state index is 0.0410. The largest absolute Gasteiger partial charge is 0.481 e. The molecule has 0 fully saturated rings. The second-order valence-corrected chi connectivity index (χ2v) is 8.83. The molecule has 174 valence electrons. The highest BCUT2D eigenvalue weighted by molar-refractivity contribution is 7.99. The second-order valence-electron chi connectivity index (χ2n) is 6.61. The fourth-order valence-electron chi connectivity index (χ4n) is 2.72. The minimum Gasteiger partial charge on any atom is -0.481 e. The molecule has 2 heterocycles. The lowest BCUT2D eigenvalue weighted by atomic mass is 10.1. The van der Waals surface area contributed by atoms with Crippen molar-refractivity contribution in [3.63, 3.8) is 0 Å². The van der Waals surface area contributed by atoms with Crippen LogP contribution in [0.1, 0.15) is 58.9 Å². The number of carbonyl (C=O) groups is 1. The predicted molar refractivity (Wildman–Crippen MR) is 138 cm³/mol. The lowest BCUT2D eigenvalue weighted by Crippen LogP contribution is -1.96. The van der Waals surface area contributed by atoms with Crippen molar-refractivity contribution >= 4 is 40.2 Å². The Labute approximate surface area is 199 Å². The number of carboxylic acid groups (broad SMARTS) is 1. The van der Waals surface area contributed by atoms with Crippen LogP contribution in [0.15, 0.2) is 70.4 Å². The summed E-state index contributed by atoms with van der Waals surface area (Å²) in [6.45, 7) is 8.33. The van der Waals surface area contributed by atoms with Crippen molar-refractivity contribution in [2.45, 2.75) is 64.0 Å². The summed E-state index contributed by atoms with van der Waals surface area (Å²) in [5, 5.41) is 11.6. The number of unbranched alkanes of at least 4 members (excludes halogenated alkanes) is 1. The Bertz CT molecular complexity index is 975. The third-order valence-corrected chi connectivity index (χ3v) is 6.17. The number of halogens is 1. The number of rotatable bonds is 9. The summed E-state index contributed by atoms with van der Waals surface area (Å²) in [4.78, 5) is 10.8. The van der Waals surface area contributed by atoms with Crippen molar-refractivity contribution in [3.8, 4) is 0 Å². The lowest BCUT2D eigenvalue weighted by molar-refractivity contribution is -0.136. The molecule has 0 amide bonds. The first-order valence-corrected chi connectivity index (χ1v) is 12.7. The number of aryl methyl sites for hydroxylation is 1. The Hall–Kier alpha value is -2.31. The Morgan fingerprint density at radius 3 is 2.56 bits per heavy atom. The quantitative estimate of drug-likeness (QED) is 0.315. The van der Waals surface area contributed by atoms with Crippen LogP contribution in [0.5, 0.6) is 0 Å². The summed E-state index contributed by atoms with van der Waals surface area (Å²) in [6.07, 6.45) is 14.5. The number of fused-ring (bicyclic) bond motifs is 1. The van der Waals surface area contributed by atoms with Gasteiger partial charge in [-0.2, -0.15) is 0 Å². The van der Waals surface area contributed by atoms with Gasteiger partial charge in [0.05, 0.1) is 9.73 Å². The molecule has 0 saturated carbocycles. The number of hydrogen-bond acceptors (Lipinski definition) is 3. The normalized spacial score (nSPS) is 10.8. The van der Waals surface area contributed by atoms with Gasteiger partial charge >= 0.3 is 5.97 Å². The van der Waals surface area contributed by atoms with Gasteiger partial charge in [0.2, 0.25) is 0 Å². The van der Waals surface area contributed by atoms with E-state index < -0.39 is 5.97 Å². The van der Waals surface area contributed by atoms with Crippen LogP contribution in [0.25, 0.3) is 10.9 Å². The smallest absolute Gasteiger partial charge is 0.303 e. The Balaban J connectivity index is 0.000000396. The number of carboxylic acids is 1. The van der Waals surface area contributed by atoms with Gasteiger partial charge in [-0.05, 0) is 54.5 Å². The Morgan fingerprint density at radius 2 is 1.94 bits per heavy atom. The zero-order chi connectivity index (χ0) is 23.8. The van der Waals surface area contributed by atoms with Crippen molar-refractivity contribution in [2.75, 3.05) is 0 Å². The molecule has 1 aromatic carbocycles. The molecule has 3 nitrogen and oxygen atoms in total. The highest BCUT2D eigenvalue weighted by Crippen LogP contribution is 2.32. The van der Waals surface area contributed by atoms with Crippen LogP contribution in [0.4, 0.5) is 4.39 Å². The van der Waals surface area contributed by atoms with Gasteiger partial charge in [0.1, 0.15) is 5.82 Å². The van der Waals surface area contributed by atoms with Crippen molar-refractivity contribution in [1.29, 1.82) is 0 Å². The van der Waals surface area contributed by atoms with Gasteiger partial charge in [0.25, 0.3) is 0 Å². The standard InChI is InChI=1S/C15H12FNO2S2.C9H16.C2H6/c16-11-4-5-13-12(8-11)10(3-6-14(18)19)9-17(13)21-15-2-1-7-20-15;1-3-5-7-9-8-6-4-2;1-2/h1-2,4-5,7-9H,3,6H2,(H,18,19);5,7-9H,3-4,6H2,1-2H3;1-2H3/b;7-5-,9-8-;. The first kappa shape index (κ1) is 27.7. The summed E-state index contributed by atoms with van der Waals surface area (Å²) in [7, 11) is 0. The zero-order valence-electron chi connectivity index (χ0n) is 19.4. The highest BCUT2D eigenvalue weighted by Gasteiger charge is 2.12. The van der Waals surface area contributed by atoms with Gasteiger partial charge < -0.3 is 5.11 Å². The van der Waals surface area contributed by atoms with Crippen LogP contribution in [-0.4, -0.2) is 15.0 Å². The molecule has 3 rings (SSSR count). The van der Waals surface area contributed by atoms with E-state index in [9.17, 15) is 9.18 Å². The summed E-state index contributed by atoms with van der Waals surface area (Å²) >= 11 is 3.18. The van der Waals surface area contributed by atoms with Crippen molar-refractivity contribution < 1.29 is 14.3 Å². The Kier molecular flexibility index (Phi) is 14.2. The third kappa shape index (κ3) is 9.88. The van der Waals surface area contributed by atoms with Crippen LogP contribution in [0, 0.1) is 5.82 Å². The summed E-state index contributed by atoms with van der Waals surface area (Å²) in [6, 6.07) is 8.62. The second kappa shape index (κ2) is 16.3. The van der Waals surface area contributed by atoms with Crippen LogP contribution in [0.2, 0.25) is 0 Å². The van der Waals surface area contributed by atoms with Crippen LogP contribution in [0.3, 0.4) is 0 Å². The fourth-order valence-corrected chi connectivity index (χ4v) is 4.52. The molecule has 0 bridgehead atoms. The van der Waals surface area contributed by atoms with Gasteiger partial charge in [-0.15, -0.1) is 11.3 Å². The number of allylic oxidation sites excluding steroid dienone is 4. The van der Waals surface area contributed by atoms with E-state index in [0.717, 1.165) is 27.1 Å². The fraction of sp³-hybridized carbons (Fsp3) is 0.346. The van der Waals surface area contributed by atoms with Crippen LogP contribution in [-0.2, 0) is 11.2 Å². The number of aliphatic carboxylic acids is 1. The maximum absolute atomic E-state index is 13.5. The van der Waals surface area contributed by atoms with E-state index in [0.29, 0.717) is 6.42 Å². The first-order chi connectivity index (χ1) is 15.5.